The van der Waals surface area contributed by atoms with E-state index in [1.54, 1.807) is 6.92 Å². The van der Waals surface area contributed by atoms with Crippen LogP contribution in [0.4, 0.5) is 5.82 Å². The highest BCUT2D eigenvalue weighted by molar-refractivity contribution is 8.00. The lowest BCUT2D eigenvalue weighted by Crippen LogP contribution is -2.23. The number of amides is 1. The minimum Gasteiger partial charge on any atom is -0.469 e. The number of methoxy groups -OCH3 is 1. The lowest BCUT2D eigenvalue weighted by molar-refractivity contribution is -0.140. The zero-order chi connectivity index (χ0) is 15.1. The molecule has 1 aromatic heterocycles. The first-order valence-corrected chi connectivity index (χ1v) is 7.55. The van der Waals surface area contributed by atoms with Gasteiger partial charge in [0.05, 0.1) is 28.8 Å². The van der Waals surface area contributed by atoms with Crippen molar-refractivity contribution in [3.8, 4) is 0 Å². The minimum absolute atomic E-state index is 0.239. The third kappa shape index (κ3) is 5.56. The summed E-state index contributed by atoms with van der Waals surface area (Å²) in [6.45, 7) is 1.74. The van der Waals surface area contributed by atoms with Crippen molar-refractivity contribution in [1.82, 2.24) is 4.98 Å². The predicted molar refractivity (Wildman–Crippen MR) is 81.4 cm³/mol. The summed E-state index contributed by atoms with van der Waals surface area (Å²) in [5, 5.41) is 2.94. The lowest BCUT2D eigenvalue weighted by atomic mass is 10.4. The van der Waals surface area contributed by atoms with Crippen molar-refractivity contribution < 1.29 is 14.3 Å². The molecule has 0 fully saturated rings. The van der Waals surface area contributed by atoms with Gasteiger partial charge in [0.1, 0.15) is 0 Å². The van der Waals surface area contributed by atoms with Crippen LogP contribution in [0.1, 0.15) is 13.3 Å². The smallest absolute Gasteiger partial charge is 0.306 e. The van der Waals surface area contributed by atoms with E-state index in [0.29, 0.717) is 10.8 Å². The molecule has 1 N–H and O–H groups in total. The molecule has 0 saturated carbocycles. The van der Waals surface area contributed by atoms with Gasteiger partial charge in [-0.1, -0.05) is 23.2 Å². The Bertz CT molecular complexity index is 500. The van der Waals surface area contributed by atoms with E-state index in [-0.39, 0.29) is 34.4 Å². The summed E-state index contributed by atoms with van der Waals surface area (Å²) >= 11 is 13.0. The fourth-order valence-electron chi connectivity index (χ4n) is 1.22. The monoisotopic (exact) mass is 336 g/mol. The van der Waals surface area contributed by atoms with Gasteiger partial charge in [-0.15, -0.1) is 11.8 Å². The number of nitrogens with one attached hydrogen (secondary N) is 1. The van der Waals surface area contributed by atoms with Crippen LogP contribution in [0.2, 0.25) is 10.0 Å². The Balaban J connectivity index is 2.47. The number of carbonyl (C=O) groups is 2. The number of hydrogen-bond donors (Lipinski definition) is 1. The highest BCUT2D eigenvalue weighted by Gasteiger charge is 2.16. The van der Waals surface area contributed by atoms with Gasteiger partial charge < -0.3 is 10.1 Å². The van der Waals surface area contributed by atoms with Crippen LogP contribution in [-0.2, 0) is 14.3 Å². The second-order valence-corrected chi connectivity index (χ2v) is 6.10. The van der Waals surface area contributed by atoms with Crippen LogP contribution in [0.15, 0.2) is 12.3 Å². The van der Waals surface area contributed by atoms with E-state index in [4.69, 9.17) is 23.2 Å². The number of esters is 1. The molecule has 0 bridgehead atoms. The molecule has 1 rings (SSSR count). The van der Waals surface area contributed by atoms with Crippen molar-refractivity contribution >= 4 is 52.7 Å². The molecular formula is C12H14Cl2N2O3S. The summed E-state index contributed by atoms with van der Waals surface area (Å²) < 4.78 is 4.52. The van der Waals surface area contributed by atoms with Gasteiger partial charge in [-0.25, -0.2) is 4.98 Å². The van der Waals surface area contributed by atoms with Gasteiger partial charge in [0.15, 0.2) is 5.82 Å². The maximum absolute atomic E-state index is 11.9. The fraction of sp³-hybridized carbons (Fsp3) is 0.417. The molecule has 1 amide bonds. The standard InChI is InChI=1S/C12H14Cl2N2O3S/c1-7(20-4-3-10(17)19-2)12(18)16-11-9(14)5-8(13)6-15-11/h5-7H,3-4H2,1-2H3,(H,15,16,18)/t7-/m0/s1. The largest absolute Gasteiger partial charge is 0.469 e. The van der Waals surface area contributed by atoms with Gasteiger partial charge >= 0.3 is 5.97 Å². The Morgan fingerprint density at radius 3 is 2.80 bits per heavy atom. The first-order valence-electron chi connectivity index (χ1n) is 5.74. The van der Waals surface area contributed by atoms with Crippen LogP contribution in [0.5, 0.6) is 0 Å². The SMILES string of the molecule is COC(=O)CCS[C@@H](C)C(=O)Nc1ncc(Cl)cc1Cl. The van der Waals surface area contributed by atoms with Gasteiger partial charge in [-0.05, 0) is 13.0 Å². The van der Waals surface area contributed by atoms with Crippen LogP contribution in [0, 0.1) is 0 Å². The van der Waals surface area contributed by atoms with E-state index in [0.717, 1.165) is 0 Å². The summed E-state index contributed by atoms with van der Waals surface area (Å²) in [7, 11) is 1.33. The van der Waals surface area contributed by atoms with Gasteiger partial charge in [0.25, 0.3) is 0 Å². The minimum atomic E-state index is -0.340. The van der Waals surface area contributed by atoms with E-state index < -0.39 is 0 Å². The maximum atomic E-state index is 11.9. The maximum Gasteiger partial charge on any atom is 0.306 e. The molecular weight excluding hydrogens is 323 g/mol. The van der Waals surface area contributed by atoms with E-state index in [1.165, 1.54) is 31.1 Å². The highest BCUT2D eigenvalue weighted by atomic mass is 35.5. The molecule has 0 spiro atoms. The van der Waals surface area contributed by atoms with Crippen LogP contribution in [-0.4, -0.2) is 35.0 Å². The summed E-state index contributed by atoms with van der Waals surface area (Å²) in [6, 6.07) is 1.50. The number of thioether (sulfide) groups is 1. The highest BCUT2D eigenvalue weighted by Crippen LogP contribution is 2.23. The molecule has 0 aromatic carbocycles. The molecule has 0 saturated heterocycles. The molecule has 5 nitrogen and oxygen atoms in total. The third-order valence-electron chi connectivity index (χ3n) is 2.32. The van der Waals surface area contributed by atoms with Gasteiger partial charge in [0.2, 0.25) is 5.91 Å². The number of halogens is 2. The Hall–Kier alpha value is -0.980. The Morgan fingerprint density at radius 1 is 1.50 bits per heavy atom. The van der Waals surface area contributed by atoms with Crippen LogP contribution >= 0.6 is 35.0 Å². The van der Waals surface area contributed by atoms with Crippen LogP contribution < -0.4 is 5.32 Å². The van der Waals surface area contributed by atoms with Crippen molar-refractivity contribution in [2.45, 2.75) is 18.6 Å². The molecule has 0 radical (unpaired) electrons. The molecule has 1 heterocycles. The number of aromatic nitrogens is 1. The Kier molecular flexibility index (Phi) is 7.12. The summed E-state index contributed by atoms with van der Waals surface area (Å²) in [5.41, 5.74) is 0. The van der Waals surface area contributed by atoms with Gasteiger partial charge in [-0.2, -0.15) is 0 Å². The van der Waals surface area contributed by atoms with E-state index >= 15 is 0 Å². The molecule has 20 heavy (non-hydrogen) atoms. The average Bonchev–Trinajstić information content (AvgIpc) is 2.41. The molecule has 0 aliphatic carbocycles. The second kappa shape index (κ2) is 8.34. The Morgan fingerprint density at radius 2 is 2.20 bits per heavy atom. The van der Waals surface area contributed by atoms with E-state index in [1.807, 2.05) is 0 Å². The third-order valence-corrected chi connectivity index (χ3v) is 3.97. The van der Waals surface area contributed by atoms with Crippen molar-refractivity contribution in [2.75, 3.05) is 18.2 Å². The number of pyridine rings is 1. The molecule has 8 heteroatoms. The number of nitrogens with zero attached hydrogens (tertiary/aromatic N) is 1. The first kappa shape index (κ1) is 17.1. The molecule has 1 aromatic rings. The zero-order valence-corrected chi connectivity index (χ0v) is 13.3. The topological polar surface area (TPSA) is 68.3 Å². The number of hydrogen-bond acceptors (Lipinski definition) is 5. The normalized spacial score (nSPS) is 11.8. The number of rotatable bonds is 6. The first-order chi connectivity index (χ1) is 9.43. The summed E-state index contributed by atoms with van der Waals surface area (Å²) in [6.07, 6.45) is 1.66. The molecule has 0 unspecified atom stereocenters. The second-order valence-electron chi connectivity index (χ2n) is 3.81. The van der Waals surface area contributed by atoms with E-state index in [2.05, 4.69) is 15.0 Å². The van der Waals surface area contributed by atoms with Gasteiger partial charge in [-0.3, -0.25) is 9.59 Å². The molecule has 110 valence electrons. The van der Waals surface area contributed by atoms with E-state index in [9.17, 15) is 9.59 Å². The van der Waals surface area contributed by atoms with Crippen molar-refractivity contribution in [3.05, 3.63) is 22.3 Å². The average molecular weight is 337 g/mol. The zero-order valence-electron chi connectivity index (χ0n) is 11.0. The lowest BCUT2D eigenvalue weighted by Gasteiger charge is -2.12. The van der Waals surface area contributed by atoms with Gasteiger partial charge in [0, 0.05) is 11.9 Å². The van der Waals surface area contributed by atoms with Crippen LogP contribution in [0.3, 0.4) is 0 Å². The summed E-state index contributed by atoms with van der Waals surface area (Å²) in [5.74, 6) is 0.230. The quantitative estimate of drug-likeness (QED) is 0.808. The van der Waals surface area contributed by atoms with Crippen molar-refractivity contribution in [1.29, 1.82) is 0 Å². The molecule has 1 atom stereocenters. The van der Waals surface area contributed by atoms with Crippen molar-refractivity contribution in [3.63, 3.8) is 0 Å². The van der Waals surface area contributed by atoms with Crippen LogP contribution in [0.25, 0.3) is 0 Å². The number of carbonyl (C=O) groups excluding carboxylic acids is 2. The number of ether oxygens (including phenoxy) is 1. The molecule has 0 aliphatic rings. The Labute approximate surface area is 131 Å². The summed E-state index contributed by atoms with van der Waals surface area (Å²) in [4.78, 5) is 26.8. The predicted octanol–water partition coefficient (Wildman–Crippen LogP) is 3.01. The number of anilines is 1. The molecule has 0 aliphatic heterocycles. The van der Waals surface area contributed by atoms with Crippen molar-refractivity contribution in [2.24, 2.45) is 0 Å². The fourth-order valence-corrected chi connectivity index (χ4v) is 2.50.